The highest BCUT2D eigenvalue weighted by atomic mass is 35.5. The van der Waals surface area contributed by atoms with E-state index in [1.165, 1.54) is 0 Å². The van der Waals surface area contributed by atoms with Gasteiger partial charge in [-0.25, -0.2) is 0 Å². The Morgan fingerprint density at radius 3 is 2.82 bits per heavy atom. The van der Waals surface area contributed by atoms with Gasteiger partial charge in [0.25, 0.3) is 0 Å². The summed E-state index contributed by atoms with van der Waals surface area (Å²) in [4.78, 5) is 11.9. The van der Waals surface area contributed by atoms with Gasteiger partial charge in [0.05, 0.1) is 10.0 Å². The molecule has 17 heavy (non-hydrogen) atoms. The molecule has 0 saturated carbocycles. The monoisotopic (exact) mass is 275 g/mol. The van der Waals surface area contributed by atoms with E-state index in [4.69, 9.17) is 33.7 Å². The lowest BCUT2D eigenvalue weighted by Gasteiger charge is -2.11. The molecule has 1 rings (SSSR count). The third-order valence-electron chi connectivity index (χ3n) is 2.39. The van der Waals surface area contributed by atoms with Crippen LogP contribution in [0.25, 0.3) is 0 Å². The molecule has 1 aromatic rings. The van der Waals surface area contributed by atoms with Crippen molar-refractivity contribution >= 4 is 29.0 Å². The van der Waals surface area contributed by atoms with Crippen LogP contribution in [-0.2, 0) is 4.74 Å². The quantitative estimate of drug-likeness (QED) is 0.813. The number of benzene rings is 1. The van der Waals surface area contributed by atoms with Crippen LogP contribution in [0.3, 0.4) is 0 Å². The second-order valence-electron chi connectivity index (χ2n) is 3.77. The zero-order valence-electron chi connectivity index (χ0n) is 9.58. The molecular weight excluding hydrogens is 261 g/mol. The van der Waals surface area contributed by atoms with E-state index in [0.717, 1.165) is 0 Å². The predicted octanol–water partition coefficient (Wildman–Crippen LogP) is 2.93. The summed E-state index contributed by atoms with van der Waals surface area (Å²) in [5.74, 6) is -0.0962. The molecule has 0 bridgehead atoms. The Morgan fingerprint density at radius 1 is 1.47 bits per heavy atom. The van der Waals surface area contributed by atoms with E-state index in [1.54, 1.807) is 25.3 Å². The maximum Gasteiger partial charge on any atom is 0.165 e. The van der Waals surface area contributed by atoms with Crippen molar-refractivity contribution in [2.24, 2.45) is 5.73 Å². The van der Waals surface area contributed by atoms with E-state index in [-0.39, 0.29) is 23.3 Å². The summed E-state index contributed by atoms with van der Waals surface area (Å²) in [7, 11) is 1.60. The van der Waals surface area contributed by atoms with E-state index in [2.05, 4.69) is 0 Å². The molecule has 0 aliphatic heterocycles. The molecule has 1 atom stereocenters. The summed E-state index contributed by atoms with van der Waals surface area (Å²) in [6, 6.07) is 4.77. The molecule has 0 aliphatic carbocycles. The van der Waals surface area contributed by atoms with Gasteiger partial charge >= 0.3 is 0 Å². The zero-order chi connectivity index (χ0) is 12.8. The topological polar surface area (TPSA) is 52.3 Å². The van der Waals surface area contributed by atoms with Crippen LogP contribution in [0.5, 0.6) is 0 Å². The molecule has 0 saturated heterocycles. The predicted molar refractivity (Wildman–Crippen MR) is 69.9 cm³/mol. The molecule has 0 aliphatic rings. The number of ether oxygens (including phenoxy) is 1. The maximum absolute atomic E-state index is 11.9. The Hall–Kier alpha value is -0.610. The van der Waals surface area contributed by atoms with Crippen LogP contribution in [0.1, 0.15) is 23.2 Å². The minimum Gasteiger partial charge on any atom is -0.385 e. The number of nitrogens with two attached hydrogens (primary N) is 1. The molecule has 5 heteroatoms. The van der Waals surface area contributed by atoms with Crippen molar-refractivity contribution in [2.45, 2.75) is 18.9 Å². The van der Waals surface area contributed by atoms with Crippen molar-refractivity contribution in [3.8, 4) is 0 Å². The van der Waals surface area contributed by atoms with E-state index < -0.39 is 0 Å². The van der Waals surface area contributed by atoms with Crippen molar-refractivity contribution in [1.82, 2.24) is 0 Å². The summed E-state index contributed by atoms with van der Waals surface area (Å²) in [5.41, 5.74) is 6.23. The number of hydrogen-bond donors (Lipinski definition) is 1. The van der Waals surface area contributed by atoms with Gasteiger partial charge in [0.15, 0.2) is 5.78 Å². The Bertz CT molecular complexity index is 396. The first-order chi connectivity index (χ1) is 8.06. The van der Waals surface area contributed by atoms with Crippen molar-refractivity contribution in [3.05, 3.63) is 33.8 Å². The second kappa shape index (κ2) is 6.97. The number of Topliss-reactive ketones (excluding diaryl/α,β-unsaturated/α-hetero) is 1. The van der Waals surface area contributed by atoms with Gasteiger partial charge in [-0.15, -0.1) is 0 Å². The molecule has 0 spiro atoms. The minimum absolute atomic E-state index is 0.0962. The average molecular weight is 276 g/mol. The highest BCUT2D eigenvalue weighted by Gasteiger charge is 2.15. The average Bonchev–Trinajstić information content (AvgIpc) is 2.29. The van der Waals surface area contributed by atoms with Crippen molar-refractivity contribution < 1.29 is 9.53 Å². The minimum atomic E-state index is -0.225. The number of methoxy groups -OCH3 is 1. The van der Waals surface area contributed by atoms with Crippen LogP contribution in [0.4, 0.5) is 0 Å². The van der Waals surface area contributed by atoms with Crippen molar-refractivity contribution in [3.63, 3.8) is 0 Å². The lowest BCUT2D eigenvalue weighted by Crippen LogP contribution is -2.25. The van der Waals surface area contributed by atoms with E-state index in [9.17, 15) is 4.79 Å². The van der Waals surface area contributed by atoms with Crippen LogP contribution in [0, 0.1) is 0 Å². The third kappa shape index (κ3) is 4.28. The number of rotatable bonds is 6. The Morgan fingerprint density at radius 2 is 2.18 bits per heavy atom. The van der Waals surface area contributed by atoms with E-state index >= 15 is 0 Å². The molecule has 1 aromatic carbocycles. The summed E-state index contributed by atoms with van der Waals surface area (Å²) < 4.78 is 4.90. The number of halogens is 2. The first kappa shape index (κ1) is 14.5. The third-order valence-corrected chi connectivity index (χ3v) is 3.21. The lowest BCUT2D eigenvalue weighted by molar-refractivity contribution is 0.0967. The van der Waals surface area contributed by atoms with Crippen molar-refractivity contribution in [1.29, 1.82) is 0 Å². The van der Waals surface area contributed by atoms with Crippen LogP contribution in [0.15, 0.2) is 18.2 Å². The SMILES string of the molecule is COCCC(N)CC(=O)c1cccc(Cl)c1Cl. The largest absolute Gasteiger partial charge is 0.385 e. The first-order valence-electron chi connectivity index (χ1n) is 5.28. The molecule has 1 unspecified atom stereocenters. The lowest BCUT2D eigenvalue weighted by atomic mass is 10.0. The Kier molecular flexibility index (Phi) is 5.92. The van der Waals surface area contributed by atoms with Crippen molar-refractivity contribution in [2.75, 3.05) is 13.7 Å². The molecule has 94 valence electrons. The van der Waals surface area contributed by atoms with Crippen LogP contribution in [0.2, 0.25) is 10.0 Å². The van der Waals surface area contributed by atoms with E-state index in [0.29, 0.717) is 23.6 Å². The van der Waals surface area contributed by atoms with Gasteiger partial charge in [-0.3, -0.25) is 4.79 Å². The van der Waals surface area contributed by atoms with Gasteiger partial charge in [0, 0.05) is 31.7 Å². The molecular formula is C12H15Cl2NO2. The second-order valence-corrected chi connectivity index (χ2v) is 4.56. The molecule has 3 nitrogen and oxygen atoms in total. The number of hydrogen-bond acceptors (Lipinski definition) is 3. The zero-order valence-corrected chi connectivity index (χ0v) is 11.1. The highest BCUT2D eigenvalue weighted by Crippen LogP contribution is 2.26. The highest BCUT2D eigenvalue weighted by molar-refractivity contribution is 6.43. The summed E-state index contributed by atoms with van der Waals surface area (Å²) >= 11 is 11.8. The molecule has 0 heterocycles. The first-order valence-corrected chi connectivity index (χ1v) is 6.03. The molecule has 2 N–H and O–H groups in total. The summed E-state index contributed by atoms with van der Waals surface area (Å²) in [5, 5.41) is 0.668. The maximum atomic E-state index is 11.9. The Balaban J connectivity index is 2.67. The van der Waals surface area contributed by atoms with Crippen LogP contribution < -0.4 is 5.73 Å². The van der Waals surface area contributed by atoms with Gasteiger partial charge in [-0.1, -0.05) is 29.3 Å². The Labute approximate surface area is 111 Å². The molecule has 0 amide bonds. The van der Waals surface area contributed by atoms with E-state index in [1.807, 2.05) is 0 Å². The van der Waals surface area contributed by atoms with Gasteiger partial charge < -0.3 is 10.5 Å². The number of carbonyl (C=O) groups excluding carboxylic acids is 1. The van der Waals surface area contributed by atoms with Gasteiger partial charge in [0.1, 0.15) is 0 Å². The smallest absolute Gasteiger partial charge is 0.165 e. The number of carbonyl (C=O) groups is 1. The fourth-order valence-corrected chi connectivity index (χ4v) is 1.84. The van der Waals surface area contributed by atoms with Gasteiger partial charge in [0.2, 0.25) is 0 Å². The fraction of sp³-hybridized carbons (Fsp3) is 0.417. The fourth-order valence-electron chi connectivity index (χ4n) is 1.44. The van der Waals surface area contributed by atoms with Crippen LogP contribution in [-0.4, -0.2) is 25.5 Å². The summed E-state index contributed by atoms with van der Waals surface area (Å²) in [6.45, 7) is 0.539. The standard InChI is InChI=1S/C12H15Cl2NO2/c1-17-6-5-8(15)7-11(16)9-3-2-4-10(13)12(9)14/h2-4,8H,5-7,15H2,1H3. The molecule has 0 fully saturated rings. The van der Waals surface area contributed by atoms with Crippen LogP contribution >= 0.6 is 23.2 Å². The molecule has 0 aromatic heterocycles. The summed E-state index contributed by atoms with van der Waals surface area (Å²) in [6.07, 6.45) is 0.879. The normalized spacial score (nSPS) is 12.5. The molecule has 0 radical (unpaired) electrons. The number of ketones is 1. The van der Waals surface area contributed by atoms with Gasteiger partial charge in [-0.2, -0.15) is 0 Å². The van der Waals surface area contributed by atoms with Gasteiger partial charge in [-0.05, 0) is 18.6 Å².